The SMILES string of the molecule is COc1cccc2c(Cc3ccncc3)cc(NNc3ccccc3)nc12. The lowest BCUT2D eigenvalue weighted by atomic mass is 10.0. The molecule has 0 saturated heterocycles. The molecule has 0 aliphatic carbocycles. The van der Waals surface area contributed by atoms with Crippen molar-refractivity contribution in [2.24, 2.45) is 0 Å². The number of rotatable bonds is 6. The summed E-state index contributed by atoms with van der Waals surface area (Å²) in [5.41, 5.74) is 10.6. The average molecular weight is 356 g/mol. The lowest BCUT2D eigenvalue weighted by molar-refractivity contribution is 0.419. The van der Waals surface area contributed by atoms with Gasteiger partial charge in [0.05, 0.1) is 12.8 Å². The first-order chi connectivity index (χ1) is 13.3. The second-order valence-corrected chi connectivity index (χ2v) is 6.17. The molecule has 0 amide bonds. The van der Waals surface area contributed by atoms with E-state index in [9.17, 15) is 0 Å². The summed E-state index contributed by atoms with van der Waals surface area (Å²) in [6.07, 6.45) is 4.42. The van der Waals surface area contributed by atoms with Crippen molar-refractivity contribution in [2.45, 2.75) is 6.42 Å². The summed E-state index contributed by atoms with van der Waals surface area (Å²) in [5.74, 6) is 1.49. The molecular formula is C22H20N4O. The molecule has 0 aliphatic heterocycles. The van der Waals surface area contributed by atoms with E-state index in [0.29, 0.717) is 0 Å². The third-order valence-corrected chi connectivity index (χ3v) is 4.36. The zero-order chi connectivity index (χ0) is 18.5. The third-order valence-electron chi connectivity index (χ3n) is 4.36. The average Bonchev–Trinajstić information content (AvgIpc) is 2.73. The van der Waals surface area contributed by atoms with E-state index >= 15 is 0 Å². The molecule has 0 saturated carbocycles. The maximum absolute atomic E-state index is 5.53. The van der Waals surface area contributed by atoms with Crippen molar-refractivity contribution in [1.29, 1.82) is 0 Å². The van der Waals surface area contributed by atoms with Crippen molar-refractivity contribution in [3.05, 3.63) is 90.3 Å². The number of hydrogen-bond acceptors (Lipinski definition) is 5. The minimum Gasteiger partial charge on any atom is -0.494 e. The topological polar surface area (TPSA) is 59.1 Å². The molecule has 5 nitrogen and oxygen atoms in total. The molecule has 0 bridgehead atoms. The van der Waals surface area contributed by atoms with Crippen LogP contribution in [0.2, 0.25) is 0 Å². The fourth-order valence-corrected chi connectivity index (χ4v) is 3.05. The van der Waals surface area contributed by atoms with E-state index in [1.165, 1.54) is 11.1 Å². The molecule has 4 rings (SSSR count). The predicted octanol–water partition coefficient (Wildman–Crippen LogP) is 4.67. The number of ether oxygens (including phenoxy) is 1. The van der Waals surface area contributed by atoms with Gasteiger partial charge in [-0.15, -0.1) is 0 Å². The Morgan fingerprint density at radius 2 is 1.70 bits per heavy atom. The maximum Gasteiger partial charge on any atom is 0.145 e. The van der Waals surface area contributed by atoms with Crippen LogP contribution in [0, 0.1) is 0 Å². The molecule has 0 spiro atoms. The van der Waals surface area contributed by atoms with E-state index in [4.69, 9.17) is 9.72 Å². The summed E-state index contributed by atoms with van der Waals surface area (Å²) in [7, 11) is 1.67. The van der Waals surface area contributed by atoms with Crippen LogP contribution in [0.15, 0.2) is 79.1 Å². The lowest BCUT2D eigenvalue weighted by Gasteiger charge is -2.14. The van der Waals surface area contributed by atoms with Gasteiger partial charge in [-0.3, -0.25) is 15.8 Å². The number of aromatic nitrogens is 2. The Morgan fingerprint density at radius 3 is 2.48 bits per heavy atom. The molecule has 2 N–H and O–H groups in total. The number of nitrogens with zero attached hydrogens (tertiary/aromatic N) is 2. The minimum absolute atomic E-state index is 0.736. The molecular weight excluding hydrogens is 336 g/mol. The van der Waals surface area contributed by atoms with E-state index in [2.05, 4.69) is 28.0 Å². The van der Waals surface area contributed by atoms with E-state index < -0.39 is 0 Å². The summed E-state index contributed by atoms with van der Waals surface area (Å²) < 4.78 is 5.53. The number of para-hydroxylation sites is 2. The van der Waals surface area contributed by atoms with Gasteiger partial charge in [-0.2, -0.15) is 0 Å². The smallest absolute Gasteiger partial charge is 0.145 e. The lowest BCUT2D eigenvalue weighted by Crippen LogP contribution is -2.10. The molecule has 27 heavy (non-hydrogen) atoms. The normalized spacial score (nSPS) is 10.6. The van der Waals surface area contributed by atoms with E-state index in [1.807, 2.05) is 67.0 Å². The summed E-state index contributed by atoms with van der Waals surface area (Å²) in [6.45, 7) is 0. The molecule has 0 atom stereocenters. The summed E-state index contributed by atoms with van der Waals surface area (Å²) >= 11 is 0. The van der Waals surface area contributed by atoms with E-state index in [-0.39, 0.29) is 0 Å². The fourth-order valence-electron chi connectivity index (χ4n) is 3.05. The molecule has 2 heterocycles. The predicted molar refractivity (Wildman–Crippen MR) is 109 cm³/mol. The second-order valence-electron chi connectivity index (χ2n) is 6.17. The Kier molecular flexibility index (Phi) is 4.83. The largest absolute Gasteiger partial charge is 0.494 e. The van der Waals surface area contributed by atoms with Crippen LogP contribution >= 0.6 is 0 Å². The van der Waals surface area contributed by atoms with Crippen LogP contribution < -0.4 is 15.6 Å². The van der Waals surface area contributed by atoms with Crippen molar-refractivity contribution >= 4 is 22.4 Å². The van der Waals surface area contributed by atoms with Gasteiger partial charge in [0.1, 0.15) is 17.1 Å². The molecule has 5 heteroatoms. The van der Waals surface area contributed by atoms with E-state index in [0.717, 1.165) is 34.6 Å². The maximum atomic E-state index is 5.53. The molecule has 2 aromatic carbocycles. The Labute approximate surface area is 158 Å². The summed E-state index contributed by atoms with van der Waals surface area (Å²) in [5, 5.41) is 1.08. The van der Waals surface area contributed by atoms with Gasteiger partial charge in [-0.05, 0) is 53.9 Å². The molecule has 0 fully saturated rings. The number of hydrazine groups is 1. The Hall–Kier alpha value is -3.60. The number of pyridine rings is 2. The minimum atomic E-state index is 0.736. The first-order valence-electron chi connectivity index (χ1n) is 8.76. The van der Waals surface area contributed by atoms with Gasteiger partial charge < -0.3 is 4.74 Å². The fraction of sp³-hybridized carbons (Fsp3) is 0.0909. The first kappa shape index (κ1) is 16.8. The number of fused-ring (bicyclic) bond motifs is 1. The molecule has 0 aliphatic rings. The van der Waals surface area contributed by atoms with Gasteiger partial charge in [-0.1, -0.05) is 30.3 Å². The standard InChI is InChI=1S/C22H20N4O/c1-27-20-9-5-8-19-17(14-16-10-12-23-13-11-16)15-21(24-22(19)20)26-25-18-6-3-2-4-7-18/h2-13,15,25H,14H2,1H3,(H,24,26). The highest BCUT2D eigenvalue weighted by atomic mass is 16.5. The van der Waals surface area contributed by atoms with Gasteiger partial charge in [0.25, 0.3) is 0 Å². The van der Waals surface area contributed by atoms with Crippen LogP contribution in [-0.2, 0) is 6.42 Å². The second kappa shape index (κ2) is 7.74. The number of nitrogens with one attached hydrogen (secondary N) is 2. The number of hydrogen-bond donors (Lipinski definition) is 2. The summed E-state index contributed by atoms with van der Waals surface area (Å²) in [6, 6.07) is 22.1. The number of benzene rings is 2. The van der Waals surface area contributed by atoms with Gasteiger partial charge in [0.15, 0.2) is 0 Å². The van der Waals surface area contributed by atoms with Crippen molar-refractivity contribution in [1.82, 2.24) is 9.97 Å². The van der Waals surface area contributed by atoms with Gasteiger partial charge in [0, 0.05) is 17.8 Å². The Morgan fingerprint density at radius 1 is 0.889 bits per heavy atom. The van der Waals surface area contributed by atoms with Crippen LogP contribution in [0.1, 0.15) is 11.1 Å². The van der Waals surface area contributed by atoms with Crippen LogP contribution in [-0.4, -0.2) is 17.1 Å². The number of anilines is 2. The first-order valence-corrected chi connectivity index (χ1v) is 8.76. The molecule has 4 aromatic rings. The summed E-state index contributed by atoms with van der Waals surface area (Å²) in [4.78, 5) is 8.85. The van der Waals surface area contributed by atoms with E-state index in [1.54, 1.807) is 7.11 Å². The molecule has 0 radical (unpaired) electrons. The van der Waals surface area contributed by atoms with Crippen LogP contribution in [0.3, 0.4) is 0 Å². The van der Waals surface area contributed by atoms with Crippen LogP contribution in [0.25, 0.3) is 10.9 Å². The van der Waals surface area contributed by atoms with Crippen molar-refractivity contribution in [3.63, 3.8) is 0 Å². The zero-order valence-corrected chi connectivity index (χ0v) is 15.0. The number of methoxy groups -OCH3 is 1. The molecule has 0 unspecified atom stereocenters. The van der Waals surface area contributed by atoms with Crippen molar-refractivity contribution in [3.8, 4) is 5.75 Å². The highest BCUT2D eigenvalue weighted by molar-refractivity contribution is 5.89. The Bertz CT molecular complexity index is 1040. The monoisotopic (exact) mass is 356 g/mol. The molecule has 134 valence electrons. The highest BCUT2D eigenvalue weighted by Crippen LogP contribution is 2.29. The van der Waals surface area contributed by atoms with Crippen LogP contribution in [0.5, 0.6) is 5.75 Å². The highest BCUT2D eigenvalue weighted by Gasteiger charge is 2.11. The van der Waals surface area contributed by atoms with Crippen molar-refractivity contribution < 1.29 is 4.74 Å². The quantitative estimate of drug-likeness (QED) is 0.492. The van der Waals surface area contributed by atoms with Crippen LogP contribution in [0.4, 0.5) is 11.5 Å². The van der Waals surface area contributed by atoms with Gasteiger partial charge in [-0.25, -0.2) is 4.98 Å². The molecule has 2 aromatic heterocycles. The third kappa shape index (κ3) is 3.82. The van der Waals surface area contributed by atoms with Gasteiger partial charge in [0.2, 0.25) is 0 Å². The zero-order valence-electron chi connectivity index (χ0n) is 15.0. The van der Waals surface area contributed by atoms with Gasteiger partial charge >= 0.3 is 0 Å². The Balaban J connectivity index is 1.73. The van der Waals surface area contributed by atoms with Crippen molar-refractivity contribution in [2.75, 3.05) is 18.0 Å².